The van der Waals surface area contributed by atoms with Crippen LogP contribution in [0.3, 0.4) is 0 Å². The SMILES string of the molecule is Cc1cc(NC(=O)c2cccc(COc3cccc(Br)c3)c2)nn1Cc1ccc(F)cc1Cl. The number of anilines is 1. The number of carbonyl (C=O) groups excluding carboxylic acids is 1. The highest BCUT2D eigenvalue weighted by atomic mass is 79.9. The summed E-state index contributed by atoms with van der Waals surface area (Å²) in [6.45, 7) is 2.58. The Balaban J connectivity index is 1.42. The number of carbonyl (C=O) groups is 1. The van der Waals surface area contributed by atoms with E-state index in [9.17, 15) is 9.18 Å². The van der Waals surface area contributed by atoms with Gasteiger partial charge >= 0.3 is 0 Å². The number of benzene rings is 3. The summed E-state index contributed by atoms with van der Waals surface area (Å²) in [4.78, 5) is 12.8. The molecule has 0 unspecified atom stereocenters. The third-order valence-corrected chi connectivity index (χ3v) is 5.79. The Kier molecular flexibility index (Phi) is 7.11. The fourth-order valence-electron chi connectivity index (χ4n) is 3.26. The molecule has 0 aliphatic carbocycles. The fourth-order valence-corrected chi connectivity index (χ4v) is 3.86. The Hall–Kier alpha value is -3.16. The molecule has 1 amide bonds. The number of ether oxygens (including phenoxy) is 1. The number of hydrogen-bond donors (Lipinski definition) is 1. The largest absolute Gasteiger partial charge is 0.489 e. The molecule has 3 aromatic carbocycles. The zero-order chi connectivity index (χ0) is 23.4. The normalized spacial score (nSPS) is 10.8. The maximum absolute atomic E-state index is 13.3. The molecule has 0 fully saturated rings. The van der Waals surface area contributed by atoms with Gasteiger partial charge in [0.15, 0.2) is 5.82 Å². The van der Waals surface area contributed by atoms with Crippen molar-refractivity contribution in [3.8, 4) is 5.75 Å². The van der Waals surface area contributed by atoms with E-state index in [0.29, 0.717) is 29.6 Å². The van der Waals surface area contributed by atoms with Gasteiger partial charge in [0.2, 0.25) is 0 Å². The first-order chi connectivity index (χ1) is 15.9. The molecule has 1 heterocycles. The summed E-state index contributed by atoms with van der Waals surface area (Å²) in [5.74, 6) is 0.495. The minimum atomic E-state index is -0.391. The molecule has 0 aliphatic heterocycles. The van der Waals surface area contributed by atoms with Crippen LogP contribution in [-0.4, -0.2) is 15.7 Å². The van der Waals surface area contributed by atoms with Gasteiger partial charge in [-0.05, 0) is 60.5 Å². The van der Waals surface area contributed by atoms with Crippen molar-refractivity contribution in [2.45, 2.75) is 20.1 Å². The minimum Gasteiger partial charge on any atom is -0.489 e. The van der Waals surface area contributed by atoms with Gasteiger partial charge in [-0.2, -0.15) is 5.10 Å². The van der Waals surface area contributed by atoms with Crippen LogP contribution in [0.25, 0.3) is 0 Å². The van der Waals surface area contributed by atoms with E-state index in [2.05, 4.69) is 26.3 Å². The highest BCUT2D eigenvalue weighted by Crippen LogP contribution is 2.21. The highest BCUT2D eigenvalue weighted by Gasteiger charge is 2.12. The van der Waals surface area contributed by atoms with Crippen LogP contribution in [0.1, 0.15) is 27.2 Å². The monoisotopic (exact) mass is 527 g/mol. The molecule has 1 aromatic heterocycles. The van der Waals surface area contributed by atoms with Crippen molar-refractivity contribution < 1.29 is 13.9 Å². The minimum absolute atomic E-state index is 0.274. The second kappa shape index (κ2) is 10.2. The molecule has 8 heteroatoms. The third-order valence-electron chi connectivity index (χ3n) is 4.95. The van der Waals surface area contributed by atoms with Gasteiger partial charge in [-0.25, -0.2) is 4.39 Å². The maximum Gasteiger partial charge on any atom is 0.256 e. The molecule has 5 nitrogen and oxygen atoms in total. The summed E-state index contributed by atoms with van der Waals surface area (Å²) in [7, 11) is 0. The van der Waals surface area contributed by atoms with Crippen LogP contribution in [0.2, 0.25) is 5.02 Å². The van der Waals surface area contributed by atoms with Crippen LogP contribution in [0.15, 0.2) is 77.3 Å². The van der Waals surface area contributed by atoms with Crippen molar-refractivity contribution in [1.29, 1.82) is 0 Å². The average molecular weight is 529 g/mol. The molecule has 4 aromatic rings. The summed E-state index contributed by atoms with van der Waals surface area (Å²) in [6.07, 6.45) is 0. The van der Waals surface area contributed by atoms with Crippen molar-refractivity contribution in [3.63, 3.8) is 0 Å². The molecule has 0 atom stereocenters. The van der Waals surface area contributed by atoms with E-state index in [1.165, 1.54) is 12.1 Å². The Bertz CT molecular complexity index is 1310. The van der Waals surface area contributed by atoms with E-state index >= 15 is 0 Å². The molecule has 0 bridgehead atoms. The number of halogens is 3. The Morgan fingerprint density at radius 2 is 1.94 bits per heavy atom. The lowest BCUT2D eigenvalue weighted by Crippen LogP contribution is -2.13. The topological polar surface area (TPSA) is 56.1 Å². The predicted octanol–water partition coefficient (Wildman–Crippen LogP) is 6.63. The van der Waals surface area contributed by atoms with Gasteiger partial charge in [0, 0.05) is 26.8 Å². The van der Waals surface area contributed by atoms with Gasteiger partial charge in [-0.1, -0.05) is 51.8 Å². The van der Waals surface area contributed by atoms with Gasteiger partial charge in [-0.3, -0.25) is 9.48 Å². The third kappa shape index (κ3) is 6.00. The van der Waals surface area contributed by atoms with E-state index < -0.39 is 5.82 Å². The smallest absolute Gasteiger partial charge is 0.256 e. The molecule has 168 valence electrons. The Labute approximate surface area is 204 Å². The van der Waals surface area contributed by atoms with E-state index in [-0.39, 0.29) is 5.91 Å². The summed E-state index contributed by atoms with van der Waals surface area (Å²) in [6, 6.07) is 20.8. The number of aryl methyl sites for hydroxylation is 1. The number of aromatic nitrogens is 2. The second-order valence-electron chi connectivity index (χ2n) is 7.46. The number of hydrogen-bond acceptors (Lipinski definition) is 3. The van der Waals surface area contributed by atoms with Crippen molar-refractivity contribution >= 4 is 39.3 Å². The van der Waals surface area contributed by atoms with Crippen LogP contribution >= 0.6 is 27.5 Å². The standard InChI is InChI=1S/C25H20BrClFN3O2/c1-16-10-24(30-31(16)14-19-8-9-21(28)13-23(19)27)29-25(32)18-5-2-4-17(11-18)15-33-22-7-3-6-20(26)12-22/h2-13H,14-15H2,1H3,(H,29,30,32). The first-order valence-corrected chi connectivity index (χ1v) is 11.3. The molecular formula is C25H20BrClFN3O2. The second-order valence-corrected chi connectivity index (χ2v) is 8.79. The molecule has 0 aliphatic rings. The molecule has 0 radical (unpaired) electrons. The van der Waals surface area contributed by atoms with Crippen LogP contribution in [0.5, 0.6) is 5.75 Å². The quantitative estimate of drug-likeness (QED) is 0.293. The molecular weight excluding hydrogens is 509 g/mol. The van der Waals surface area contributed by atoms with Crippen molar-refractivity contribution in [2.24, 2.45) is 0 Å². The molecule has 0 spiro atoms. The number of amides is 1. The van der Waals surface area contributed by atoms with E-state index in [1.807, 2.05) is 43.3 Å². The van der Waals surface area contributed by atoms with Crippen molar-refractivity contribution in [3.05, 3.63) is 110 Å². The number of nitrogens with one attached hydrogen (secondary N) is 1. The van der Waals surface area contributed by atoms with Gasteiger partial charge in [0.1, 0.15) is 18.2 Å². The average Bonchev–Trinajstić information content (AvgIpc) is 3.13. The van der Waals surface area contributed by atoms with Gasteiger partial charge in [-0.15, -0.1) is 0 Å². The lowest BCUT2D eigenvalue weighted by atomic mass is 10.1. The maximum atomic E-state index is 13.3. The zero-order valence-electron chi connectivity index (χ0n) is 17.7. The summed E-state index contributed by atoms with van der Waals surface area (Å²) >= 11 is 9.55. The van der Waals surface area contributed by atoms with Crippen LogP contribution in [0.4, 0.5) is 10.2 Å². The molecule has 1 N–H and O–H groups in total. The Morgan fingerprint density at radius 3 is 2.73 bits per heavy atom. The van der Waals surface area contributed by atoms with Crippen molar-refractivity contribution in [1.82, 2.24) is 9.78 Å². The molecule has 0 saturated carbocycles. The Morgan fingerprint density at radius 1 is 1.12 bits per heavy atom. The highest BCUT2D eigenvalue weighted by molar-refractivity contribution is 9.10. The first-order valence-electron chi connectivity index (χ1n) is 10.1. The fraction of sp³-hybridized carbons (Fsp3) is 0.120. The lowest BCUT2D eigenvalue weighted by molar-refractivity contribution is 0.102. The summed E-state index contributed by atoms with van der Waals surface area (Å²) < 4.78 is 21.7. The van der Waals surface area contributed by atoms with Crippen LogP contribution in [-0.2, 0) is 13.2 Å². The van der Waals surface area contributed by atoms with E-state index in [1.54, 1.807) is 28.9 Å². The van der Waals surface area contributed by atoms with Gasteiger partial charge in [0.25, 0.3) is 5.91 Å². The van der Waals surface area contributed by atoms with Gasteiger partial charge < -0.3 is 10.1 Å². The zero-order valence-corrected chi connectivity index (χ0v) is 20.0. The lowest BCUT2D eigenvalue weighted by Gasteiger charge is -2.08. The van der Waals surface area contributed by atoms with Gasteiger partial charge in [0.05, 0.1) is 6.54 Å². The van der Waals surface area contributed by atoms with E-state index in [0.717, 1.165) is 27.0 Å². The number of rotatable bonds is 7. The van der Waals surface area contributed by atoms with E-state index in [4.69, 9.17) is 16.3 Å². The molecule has 0 saturated heterocycles. The van der Waals surface area contributed by atoms with Crippen LogP contribution < -0.4 is 10.1 Å². The van der Waals surface area contributed by atoms with Crippen LogP contribution in [0, 0.1) is 12.7 Å². The molecule has 33 heavy (non-hydrogen) atoms. The first kappa shape index (κ1) is 23.0. The van der Waals surface area contributed by atoms with Crippen molar-refractivity contribution in [2.75, 3.05) is 5.32 Å². The summed E-state index contributed by atoms with van der Waals surface area (Å²) in [5, 5.41) is 7.60. The number of nitrogens with zero attached hydrogens (tertiary/aromatic N) is 2. The summed E-state index contributed by atoms with van der Waals surface area (Å²) in [5.41, 5.74) is 2.94. The molecule has 4 rings (SSSR count). The predicted molar refractivity (Wildman–Crippen MR) is 130 cm³/mol.